The number of carbonyl (C=O) groups excluding carboxylic acids is 2. The number of aldehydes is 1. The van der Waals surface area contributed by atoms with Gasteiger partial charge in [0.2, 0.25) is 0 Å². The zero-order chi connectivity index (χ0) is 19.2. The van der Waals surface area contributed by atoms with Crippen molar-refractivity contribution in [2.45, 2.75) is 78.7 Å². The van der Waals surface area contributed by atoms with Crippen LogP contribution in [0.4, 0.5) is 0 Å². The minimum Gasteiger partial charge on any atom is -0.472 e. The summed E-state index contributed by atoms with van der Waals surface area (Å²) in [5, 5.41) is 0. The van der Waals surface area contributed by atoms with Crippen LogP contribution in [0.15, 0.2) is 16.9 Å². The van der Waals surface area contributed by atoms with Gasteiger partial charge in [0.15, 0.2) is 0 Å². The Morgan fingerprint density at radius 3 is 2.62 bits per heavy atom. The van der Waals surface area contributed by atoms with E-state index in [0.717, 1.165) is 30.4 Å². The number of fused-ring (bicyclic) bond motifs is 1. The summed E-state index contributed by atoms with van der Waals surface area (Å²) < 4.78 is 10.7. The highest BCUT2D eigenvalue weighted by Crippen LogP contribution is 2.64. The zero-order valence-electron chi connectivity index (χ0n) is 16.8. The number of hydrogen-bond donors (Lipinski definition) is 0. The number of hydrogen-bond acceptors (Lipinski definition) is 4. The second-order valence-electron chi connectivity index (χ2n) is 9.56. The maximum absolute atomic E-state index is 12.4. The number of ether oxygens (including phenoxy) is 1. The summed E-state index contributed by atoms with van der Waals surface area (Å²) in [6.45, 7) is 10.9. The fourth-order valence-electron chi connectivity index (χ4n) is 6.31. The van der Waals surface area contributed by atoms with Crippen LogP contribution in [0.3, 0.4) is 0 Å². The first kappa shape index (κ1) is 19.2. The van der Waals surface area contributed by atoms with Gasteiger partial charge in [-0.05, 0) is 42.4 Å². The molecule has 0 amide bonds. The fraction of sp³-hybridized carbons (Fsp3) is 0.727. The van der Waals surface area contributed by atoms with Crippen molar-refractivity contribution < 1.29 is 18.7 Å². The molecule has 0 N–H and O–H groups in total. The quantitative estimate of drug-likeness (QED) is 0.557. The average molecular weight is 360 g/mol. The molecule has 26 heavy (non-hydrogen) atoms. The predicted molar refractivity (Wildman–Crippen MR) is 99.5 cm³/mol. The Balaban J connectivity index is 1.99. The minimum absolute atomic E-state index is 0.00747. The van der Waals surface area contributed by atoms with Gasteiger partial charge in [-0.2, -0.15) is 0 Å². The lowest BCUT2D eigenvalue weighted by molar-refractivity contribution is -0.143. The fourth-order valence-corrected chi connectivity index (χ4v) is 6.31. The Morgan fingerprint density at radius 2 is 1.96 bits per heavy atom. The van der Waals surface area contributed by atoms with E-state index in [0.29, 0.717) is 5.92 Å². The molecule has 4 heteroatoms. The van der Waals surface area contributed by atoms with Crippen molar-refractivity contribution in [3.8, 4) is 0 Å². The van der Waals surface area contributed by atoms with E-state index in [9.17, 15) is 9.59 Å². The van der Waals surface area contributed by atoms with E-state index in [1.165, 1.54) is 26.1 Å². The van der Waals surface area contributed by atoms with Crippen LogP contribution in [0.25, 0.3) is 0 Å². The van der Waals surface area contributed by atoms with Gasteiger partial charge in [0.1, 0.15) is 12.9 Å². The molecule has 0 spiro atoms. The third-order valence-electron chi connectivity index (χ3n) is 7.55. The average Bonchev–Trinajstić information content (AvgIpc) is 3.01. The Labute approximate surface area is 156 Å². The molecular weight excluding hydrogens is 328 g/mol. The normalized spacial score (nSPS) is 36.2. The number of carbonyl (C=O) groups is 2. The van der Waals surface area contributed by atoms with Gasteiger partial charge in [0.05, 0.1) is 12.5 Å². The first-order chi connectivity index (χ1) is 12.1. The van der Waals surface area contributed by atoms with Crippen molar-refractivity contribution in [3.05, 3.63) is 23.7 Å². The third kappa shape index (κ3) is 2.91. The van der Waals surface area contributed by atoms with Gasteiger partial charge in [-0.1, -0.05) is 34.1 Å². The summed E-state index contributed by atoms with van der Waals surface area (Å²) in [7, 11) is 0. The van der Waals surface area contributed by atoms with E-state index in [1.807, 2.05) is 0 Å². The highest BCUT2D eigenvalue weighted by atomic mass is 16.5. The van der Waals surface area contributed by atoms with Crippen LogP contribution in [-0.4, -0.2) is 12.3 Å². The van der Waals surface area contributed by atoms with Crippen LogP contribution >= 0.6 is 0 Å². The molecule has 1 aromatic heterocycles. The second kappa shape index (κ2) is 6.54. The minimum atomic E-state index is -0.307. The van der Waals surface area contributed by atoms with Crippen LogP contribution in [0, 0.1) is 22.7 Å². The predicted octanol–water partition coefficient (Wildman–Crippen LogP) is 5.04. The van der Waals surface area contributed by atoms with Crippen LogP contribution in [0.2, 0.25) is 0 Å². The molecule has 4 unspecified atom stereocenters. The smallest absolute Gasteiger partial charge is 0.302 e. The van der Waals surface area contributed by atoms with E-state index >= 15 is 0 Å². The molecule has 1 aromatic rings. The summed E-state index contributed by atoms with van der Waals surface area (Å²) >= 11 is 0. The number of esters is 1. The Hall–Kier alpha value is -1.58. The summed E-state index contributed by atoms with van der Waals surface area (Å²) in [5.74, 6) is 0.178. The first-order valence-corrected chi connectivity index (χ1v) is 9.79. The molecule has 0 bridgehead atoms. The van der Waals surface area contributed by atoms with Gasteiger partial charge in [-0.3, -0.25) is 4.79 Å². The molecule has 0 aromatic carbocycles. The van der Waals surface area contributed by atoms with Gasteiger partial charge in [0, 0.05) is 29.4 Å². The third-order valence-corrected chi connectivity index (χ3v) is 7.55. The molecule has 2 aliphatic carbocycles. The summed E-state index contributed by atoms with van der Waals surface area (Å²) in [4.78, 5) is 23.6. The van der Waals surface area contributed by atoms with Gasteiger partial charge in [0.25, 0.3) is 0 Å². The largest absolute Gasteiger partial charge is 0.472 e. The lowest BCUT2D eigenvalue weighted by Gasteiger charge is -2.61. The molecule has 144 valence electrons. The molecule has 2 aliphatic rings. The summed E-state index contributed by atoms with van der Waals surface area (Å²) in [6.07, 6.45) is 10.2. The Kier molecular flexibility index (Phi) is 4.83. The number of rotatable bonds is 4. The van der Waals surface area contributed by atoms with Crippen molar-refractivity contribution in [2.75, 3.05) is 0 Å². The van der Waals surface area contributed by atoms with Crippen LogP contribution < -0.4 is 0 Å². The molecule has 0 radical (unpaired) electrons. The monoisotopic (exact) mass is 360 g/mol. The SMILES string of the molecule is CC(=O)OCc1cocc1C1(C)CCC2C(C)(C)CCCC2(C)C1C=O. The van der Waals surface area contributed by atoms with Gasteiger partial charge in [-0.15, -0.1) is 0 Å². The molecule has 2 fully saturated rings. The zero-order valence-corrected chi connectivity index (χ0v) is 16.8. The molecule has 0 aliphatic heterocycles. The second-order valence-corrected chi connectivity index (χ2v) is 9.56. The van der Waals surface area contributed by atoms with Crippen molar-refractivity contribution >= 4 is 12.3 Å². The Morgan fingerprint density at radius 1 is 1.23 bits per heavy atom. The molecule has 3 rings (SSSR count). The van der Waals surface area contributed by atoms with E-state index in [1.54, 1.807) is 12.5 Å². The highest BCUT2D eigenvalue weighted by molar-refractivity contribution is 5.66. The van der Waals surface area contributed by atoms with E-state index in [-0.39, 0.29) is 34.7 Å². The van der Waals surface area contributed by atoms with Gasteiger partial charge >= 0.3 is 5.97 Å². The standard InChI is InChI=1S/C22H32O4/c1-15(24)26-13-16-12-25-14-17(16)21(4)10-7-18-20(2,3)8-6-9-22(18,5)19(21)11-23/h11-12,14,18-19H,6-10,13H2,1-5H3. The molecule has 2 saturated carbocycles. The maximum Gasteiger partial charge on any atom is 0.302 e. The van der Waals surface area contributed by atoms with E-state index in [4.69, 9.17) is 9.15 Å². The topological polar surface area (TPSA) is 56.5 Å². The molecule has 0 saturated heterocycles. The first-order valence-electron chi connectivity index (χ1n) is 9.79. The summed E-state index contributed by atoms with van der Waals surface area (Å²) in [5.41, 5.74) is 1.88. The summed E-state index contributed by atoms with van der Waals surface area (Å²) in [6, 6.07) is 0. The Bertz CT molecular complexity index is 688. The number of furan rings is 1. The lowest BCUT2D eigenvalue weighted by atomic mass is 9.43. The molecule has 1 heterocycles. The van der Waals surface area contributed by atoms with Crippen LogP contribution in [0.5, 0.6) is 0 Å². The van der Waals surface area contributed by atoms with Crippen LogP contribution in [-0.2, 0) is 26.3 Å². The van der Waals surface area contributed by atoms with Crippen molar-refractivity contribution in [1.29, 1.82) is 0 Å². The van der Waals surface area contributed by atoms with Gasteiger partial charge < -0.3 is 13.9 Å². The van der Waals surface area contributed by atoms with Gasteiger partial charge in [-0.25, -0.2) is 0 Å². The molecular formula is C22H32O4. The molecule has 4 nitrogen and oxygen atoms in total. The van der Waals surface area contributed by atoms with Crippen molar-refractivity contribution in [1.82, 2.24) is 0 Å². The van der Waals surface area contributed by atoms with E-state index < -0.39 is 0 Å². The van der Waals surface area contributed by atoms with Crippen LogP contribution in [0.1, 0.15) is 77.8 Å². The highest BCUT2D eigenvalue weighted by Gasteiger charge is 2.59. The van der Waals surface area contributed by atoms with Crippen molar-refractivity contribution in [2.24, 2.45) is 22.7 Å². The van der Waals surface area contributed by atoms with Crippen molar-refractivity contribution in [3.63, 3.8) is 0 Å². The van der Waals surface area contributed by atoms with E-state index in [2.05, 4.69) is 27.7 Å². The maximum atomic E-state index is 12.4. The lowest BCUT2D eigenvalue weighted by Crippen LogP contribution is -2.57. The molecule has 4 atom stereocenters.